The highest BCUT2D eigenvalue weighted by atomic mass is 79.9. The first-order chi connectivity index (χ1) is 8.13. The molecule has 0 radical (unpaired) electrons. The Morgan fingerprint density at radius 2 is 2.12 bits per heavy atom. The van der Waals surface area contributed by atoms with E-state index in [1.165, 1.54) is 18.4 Å². The lowest BCUT2D eigenvalue weighted by Gasteiger charge is -2.07. The van der Waals surface area contributed by atoms with Crippen molar-refractivity contribution in [2.45, 2.75) is 0 Å². The predicted octanol–water partition coefficient (Wildman–Crippen LogP) is 4.40. The lowest BCUT2D eigenvalue weighted by atomic mass is 10.1. The van der Waals surface area contributed by atoms with E-state index in [-0.39, 0.29) is 5.78 Å². The topological polar surface area (TPSA) is 26.3 Å². The minimum atomic E-state index is -0.0996. The Labute approximate surface area is 116 Å². The molecule has 0 N–H and O–H groups in total. The van der Waals surface area contributed by atoms with Gasteiger partial charge in [-0.2, -0.15) is 11.3 Å². The summed E-state index contributed by atoms with van der Waals surface area (Å²) >= 11 is 10.7. The summed E-state index contributed by atoms with van der Waals surface area (Å²) in [4.78, 5) is 12.3. The van der Waals surface area contributed by atoms with Crippen molar-refractivity contribution in [3.05, 3.63) is 49.6 Å². The highest BCUT2D eigenvalue weighted by Gasteiger charge is 2.17. The van der Waals surface area contributed by atoms with Crippen LogP contribution in [0.3, 0.4) is 0 Å². The van der Waals surface area contributed by atoms with Crippen molar-refractivity contribution in [3.8, 4) is 5.75 Å². The molecule has 2 nitrogen and oxygen atoms in total. The van der Waals surface area contributed by atoms with Gasteiger partial charge < -0.3 is 4.74 Å². The average molecular weight is 332 g/mol. The van der Waals surface area contributed by atoms with Gasteiger partial charge in [0.15, 0.2) is 5.78 Å². The van der Waals surface area contributed by atoms with Gasteiger partial charge in [0.05, 0.1) is 12.7 Å². The van der Waals surface area contributed by atoms with Gasteiger partial charge in [-0.05, 0) is 34.1 Å². The highest BCUT2D eigenvalue weighted by molar-refractivity contribution is 9.10. The quantitative estimate of drug-likeness (QED) is 0.779. The molecule has 0 aliphatic carbocycles. The highest BCUT2D eigenvalue weighted by Crippen LogP contribution is 2.29. The largest absolute Gasteiger partial charge is 0.496 e. The number of ether oxygens (including phenoxy) is 1. The number of methoxy groups -OCH3 is 1. The number of hydrogen-bond acceptors (Lipinski definition) is 3. The molecule has 5 heteroatoms. The molecule has 0 saturated heterocycles. The average Bonchev–Trinajstić information content (AvgIpc) is 2.74. The molecule has 0 atom stereocenters. The van der Waals surface area contributed by atoms with Gasteiger partial charge in [-0.3, -0.25) is 4.79 Å². The van der Waals surface area contributed by atoms with Gasteiger partial charge in [-0.15, -0.1) is 0 Å². The molecule has 1 heterocycles. The minimum absolute atomic E-state index is 0.0996. The van der Waals surface area contributed by atoms with E-state index in [1.807, 2.05) is 5.38 Å². The molecule has 0 aliphatic heterocycles. The number of halogens is 2. The van der Waals surface area contributed by atoms with E-state index in [0.717, 1.165) is 4.47 Å². The number of ketones is 1. The van der Waals surface area contributed by atoms with E-state index in [0.29, 0.717) is 21.9 Å². The fourth-order valence-corrected chi connectivity index (χ4v) is 3.07. The van der Waals surface area contributed by atoms with Crippen molar-refractivity contribution in [1.82, 2.24) is 0 Å². The first-order valence-corrected chi connectivity index (χ1v) is 6.85. The van der Waals surface area contributed by atoms with E-state index < -0.39 is 0 Å². The van der Waals surface area contributed by atoms with E-state index in [4.69, 9.17) is 16.3 Å². The molecule has 0 unspecified atom stereocenters. The van der Waals surface area contributed by atoms with Crippen LogP contribution in [0.2, 0.25) is 5.02 Å². The fraction of sp³-hybridized carbons (Fsp3) is 0.0833. The fourth-order valence-electron chi connectivity index (χ4n) is 1.45. The zero-order chi connectivity index (χ0) is 12.4. The smallest absolute Gasteiger partial charge is 0.198 e. The molecule has 1 aromatic heterocycles. The second-order valence-electron chi connectivity index (χ2n) is 3.31. The Hall–Kier alpha value is -0.840. The minimum Gasteiger partial charge on any atom is -0.496 e. The van der Waals surface area contributed by atoms with Crippen molar-refractivity contribution in [1.29, 1.82) is 0 Å². The Morgan fingerprint density at radius 3 is 2.71 bits per heavy atom. The third-order valence-corrected chi connectivity index (χ3v) is 4.20. The third-order valence-electron chi connectivity index (χ3n) is 2.27. The van der Waals surface area contributed by atoms with Crippen LogP contribution in [0.4, 0.5) is 0 Å². The monoisotopic (exact) mass is 330 g/mol. The maximum Gasteiger partial charge on any atom is 0.198 e. The van der Waals surface area contributed by atoms with Crippen LogP contribution in [-0.2, 0) is 0 Å². The van der Waals surface area contributed by atoms with Crippen LogP contribution < -0.4 is 4.74 Å². The summed E-state index contributed by atoms with van der Waals surface area (Å²) in [5.41, 5.74) is 1.09. The summed E-state index contributed by atoms with van der Waals surface area (Å²) in [6.07, 6.45) is 0. The summed E-state index contributed by atoms with van der Waals surface area (Å²) < 4.78 is 5.95. The van der Waals surface area contributed by atoms with Crippen molar-refractivity contribution in [2.24, 2.45) is 0 Å². The number of thiophene rings is 1. The Kier molecular flexibility index (Phi) is 3.86. The van der Waals surface area contributed by atoms with E-state index in [1.54, 1.807) is 23.6 Å². The zero-order valence-corrected chi connectivity index (χ0v) is 12.0. The number of hydrogen-bond donors (Lipinski definition) is 0. The van der Waals surface area contributed by atoms with Crippen LogP contribution in [0.25, 0.3) is 0 Å². The van der Waals surface area contributed by atoms with Gasteiger partial charge in [-0.25, -0.2) is 0 Å². The Morgan fingerprint density at radius 1 is 1.35 bits per heavy atom. The zero-order valence-electron chi connectivity index (χ0n) is 8.87. The predicted molar refractivity (Wildman–Crippen MR) is 73.5 cm³/mol. The molecule has 0 saturated carbocycles. The van der Waals surface area contributed by atoms with E-state index in [9.17, 15) is 4.79 Å². The summed E-state index contributed by atoms with van der Waals surface area (Å²) in [5, 5.41) is 4.18. The van der Waals surface area contributed by atoms with Gasteiger partial charge in [-0.1, -0.05) is 11.6 Å². The molecule has 0 fully saturated rings. The third kappa shape index (κ3) is 2.54. The molecule has 2 aromatic rings. The van der Waals surface area contributed by atoms with Gasteiger partial charge in [0.25, 0.3) is 0 Å². The van der Waals surface area contributed by atoms with Crippen LogP contribution in [-0.4, -0.2) is 12.9 Å². The summed E-state index contributed by atoms with van der Waals surface area (Å²) in [7, 11) is 1.53. The maximum atomic E-state index is 12.3. The van der Waals surface area contributed by atoms with Crippen molar-refractivity contribution in [3.63, 3.8) is 0 Å². The molecular formula is C12H8BrClO2S. The lowest BCUT2D eigenvalue weighted by Crippen LogP contribution is -2.03. The molecule has 0 bridgehead atoms. The summed E-state index contributed by atoms with van der Waals surface area (Å²) in [5.74, 6) is 0.426. The molecule has 2 rings (SSSR count). The molecule has 0 aliphatic rings. The normalized spacial score (nSPS) is 10.3. The molecule has 1 aromatic carbocycles. The first kappa shape index (κ1) is 12.6. The van der Waals surface area contributed by atoms with Crippen molar-refractivity contribution in [2.75, 3.05) is 7.11 Å². The summed E-state index contributed by atoms with van der Waals surface area (Å²) in [6, 6.07) is 5.00. The molecular weight excluding hydrogens is 324 g/mol. The van der Waals surface area contributed by atoms with Crippen LogP contribution in [0.15, 0.2) is 33.4 Å². The second-order valence-corrected chi connectivity index (χ2v) is 5.34. The molecule has 0 amide bonds. The van der Waals surface area contributed by atoms with E-state index >= 15 is 0 Å². The molecule has 0 spiro atoms. The van der Waals surface area contributed by atoms with Crippen molar-refractivity contribution < 1.29 is 9.53 Å². The Bertz CT molecular complexity index is 565. The first-order valence-electron chi connectivity index (χ1n) is 4.73. The van der Waals surface area contributed by atoms with Crippen molar-refractivity contribution >= 4 is 44.7 Å². The molecule has 17 heavy (non-hydrogen) atoms. The van der Waals surface area contributed by atoms with Crippen LogP contribution in [0.1, 0.15) is 15.9 Å². The van der Waals surface area contributed by atoms with Gasteiger partial charge >= 0.3 is 0 Å². The lowest BCUT2D eigenvalue weighted by molar-refractivity contribution is 0.103. The number of carbonyl (C=O) groups is 1. The molecule has 88 valence electrons. The van der Waals surface area contributed by atoms with Gasteiger partial charge in [0, 0.05) is 25.8 Å². The van der Waals surface area contributed by atoms with Gasteiger partial charge in [0.2, 0.25) is 0 Å². The number of rotatable bonds is 3. The maximum absolute atomic E-state index is 12.3. The second kappa shape index (κ2) is 5.21. The number of carbonyl (C=O) groups excluding carboxylic acids is 1. The SMILES string of the molecule is COc1ccc(Cl)cc1C(=O)c1cscc1Br. The van der Waals surface area contributed by atoms with Crippen LogP contribution >= 0.6 is 38.9 Å². The summed E-state index contributed by atoms with van der Waals surface area (Å²) in [6.45, 7) is 0. The number of benzene rings is 1. The van der Waals surface area contributed by atoms with Crippen LogP contribution in [0.5, 0.6) is 5.75 Å². The Balaban J connectivity index is 2.50. The van der Waals surface area contributed by atoms with E-state index in [2.05, 4.69) is 15.9 Å². The standard InChI is InChI=1S/C12H8BrClO2S/c1-16-11-3-2-7(14)4-8(11)12(15)9-5-17-6-10(9)13/h2-6H,1H3. The van der Waals surface area contributed by atoms with Crippen LogP contribution in [0, 0.1) is 0 Å². The van der Waals surface area contributed by atoms with Gasteiger partial charge in [0.1, 0.15) is 5.75 Å².